The zero-order valence-corrected chi connectivity index (χ0v) is 13.1. The summed E-state index contributed by atoms with van der Waals surface area (Å²) in [5.41, 5.74) is 1.68. The maximum Gasteiger partial charge on any atom is 0.220 e. The number of fused-ring (bicyclic) bond motifs is 3. The minimum Gasteiger partial charge on any atom is -0.504 e. The number of aliphatic hydroxyl groups is 1. The van der Waals surface area contributed by atoms with E-state index < -0.39 is 5.41 Å². The van der Waals surface area contributed by atoms with Crippen LogP contribution in [0.25, 0.3) is 0 Å². The van der Waals surface area contributed by atoms with Crippen LogP contribution < -0.4 is 0 Å². The Bertz CT molecular complexity index is 645. The maximum atomic E-state index is 12.7. The van der Waals surface area contributed by atoms with Gasteiger partial charge in [0.25, 0.3) is 0 Å². The van der Waals surface area contributed by atoms with E-state index >= 15 is 0 Å². The molecule has 0 heterocycles. The number of ketones is 2. The molecular weight excluding hydrogens is 264 g/mol. The van der Waals surface area contributed by atoms with Gasteiger partial charge in [-0.2, -0.15) is 0 Å². The normalized spacial score (nSPS) is 35.0. The molecule has 21 heavy (non-hydrogen) atoms. The van der Waals surface area contributed by atoms with Crippen molar-refractivity contribution in [3.8, 4) is 0 Å². The Morgan fingerprint density at radius 3 is 2.48 bits per heavy atom. The second-order valence-corrected chi connectivity index (χ2v) is 7.57. The van der Waals surface area contributed by atoms with E-state index in [2.05, 4.69) is 13.8 Å². The first kappa shape index (κ1) is 14.3. The molecule has 3 aliphatic rings. The van der Waals surface area contributed by atoms with Crippen molar-refractivity contribution in [1.82, 2.24) is 0 Å². The molecule has 0 radical (unpaired) electrons. The zero-order chi connectivity index (χ0) is 15.6. The maximum absolute atomic E-state index is 12.7. The molecule has 0 aromatic heterocycles. The molecule has 0 spiro atoms. The fourth-order valence-corrected chi connectivity index (χ4v) is 4.81. The van der Waals surface area contributed by atoms with Gasteiger partial charge in [-0.1, -0.05) is 27.2 Å². The molecule has 3 heteroatoms. The average Bonchev–Trinajstić information content (AvgIpc) is 2.34. The Labute approximate surface area is 125 Å². The summed E-state index contributed by atoms with van der Waals surface area (Å²) >= 11 is 0. The zero-order valence-electron chi connectivity index (χ0n) is 13.1. The monoisotopic (exact) mass is 286 g/mol. The number of carbonyl (C=O) groups excluding carboxylic acids is 2. The molecule has 1 fully saturated rings. The van der Waals surface area contributed by atoms with Gasteiger partial charge in [0, 0.05) is 16.9 Å². The first-order valence-electron chi connectivity index (χ1n) is 7.61. The summed E-state index contributed by atoms with van der Waals surface area (Å²) in [7, 11) is 0. The van der Waals surface area contributed by atoms with Gasteiger partial charge in [0.2, 0.25) is 5.78 Å². The van der Waals surface area contributed by atoms with Crippen molar-refractivity contribution in [1.29, 1.82) is 0 Å². The molecule has 2 atom stereocenters. The number of aliphatic hydroxyl groups excluding tert-OH is 1. The van der Waals surface area contributed by atoms with Crippen LogP contribution in [0.15, 0.2) is 34.6 Å². The van der Waals surface area contributed by atoms with Gasteiger partial charge in [0.05, 0.1) is 0 Å². The van der Waals surface area contributed by atoms with Crippen molar-refractivity contribution in [2.75, 3.05) is 0 Å². The lowest BCUT2D eigenvalue weighted by Gasteiger charge is -2.53. The third-order valence-electron chi connectivity index (χ3n) is 5.59. The largest absolute Gasteiger partial charge is 0.504 e. The summed E-state index contributed by atoms with van der Waals surface area (Å²) in [6, 6.07) is 0. The Kier molecular flexibility index (Phi) is 2.85. The second-order valence-electron chi connectivity index (χ2n) is 7.57. The summed E-state index contributed by atoms with van der Waals surface area (Å²) in [4.78, 5) is 24.8. The summed E-state index contributed by atoms with van der Waals surface area (Å²) in [5, 5.41) is 10.4. The molecule has 0 bridgehead atoms. The third kappa shape index (κ3) is 1.79. The predicted octanol–water partition coefficient (Wildman–Crippen LogP) is 3.67. The van der Waals surface area contributed by atoms with Gasteiger partial charge in [-0.15, -0.1) is 0 Å². The second kappa shape index (κ2) is 4.19. The van der Waals surface area contributed by atoms with Crippen LogP contribution in [0, 0.1) is 16.7 Å². The van der Waals surface area contributed by atoms with Crippen LogP contribution in [0.2, 0.25) is 0 Å². The molecule has 0 aromatic carbocycles. The molecule has 3 nitrogen and oxygen atoms in total. The lowest BCUT2D eigenvalue weighted by atomic mass is 9.49. The highest BCUT2D eigenvalue weighted by Crippen LogP contribution is 2.60. The van der Waals surface area contributed by atoms with E-state index in [-0.39, 0.29) is 28.7 Å². The van der Waals surface area contributed by atoms with Crippen LogP contribution >= 0.6 is 0 Å². The summed E-state index contributed by atoms with van der Waals surface area (Å²) in [6.45, 7) is 8.12. The molecule has 3 rings (SSSR count). The predicted molar refractivity (Wildman–Crippen MR) is 80.7 cm³/mol. The average molecular weight is 286 g/mol. The Hall–Kier alpha value is -1.64. The van der Waals surface area contributed by atoms with Crippen molar-refractivity contribution < 1.29 is 14.7 Å². The lowest BCUT2D eigenvalue weighted by molar-refractivity contribution is -0.130. The van der Waals surface area contributed by atoms with E-state index in [4.69, 9.17) is 0 Å². The third-order valence-corrected chi connectivity index (χ3v) is 5.59. The molecule has 0 saturated heterocycles. The van der Waals surface area contributed by atoms with E-state index in [1.807, 2.05) is 13.8 Å². The van der Waals surface area contributed by atoms with E-state index in [1.165, 1.54) is 6.08 Å². The van der Waals surface area contributed by atoms with Gasteiger partial charge >= 0.3 is 0 Å². The van der Waals surface area contributed by atoms with Crippen molar-refractivity contribution in [2.45, 2.75) is 47.0 Å². The number of rotatable bonds is 0. The minimum atomic E-state index is -0.446. The van der Waals surface area contributed by atoms with Gasteiger partial charge in [-0.05, 0) is 48.5 Å². The van der Waals surface area contributed by atoms with E-state index in [0.29, 0.717) is 5.57 Å². The number of allylic oxidation sites excluding steroid dienone is 5. The topological polar surface area (TPSA) is 54.4 Å². The van der Waals surface area contributed by atoms with Crippen LogP contribution in [0.5, 0.6) is 0 Å². The minimum absolute atomic E-state index is 0.114. The van der Waals surface area contributed by atoms with Gasteiger partial charge in [0.15, 0.2) is 11.5 Å². The molecule has 3 aliphatic carbocycles. The van der Waals surface area contributed by atoms with Crippen molar-refractivity contribution >= 4 is 11.6 Å². The molecule has 0 aliphatic heterocycles. The quantitative estimate of drug-likeness (QED) is 0.739. The van der Waals surface area contributed by atoms with Gasteiger partial charge < -0.3 is 5.11 Å². The van der Waals surface area contributed by atoms with E-state index in [9.17, 15) is 14.7 Å². The fourth-order valence-electron chi connectivity index (χ4n) is 4.81. The van der Waals surface area contributed by atoms with Crippen LogP contribution in [0.3, 0.4) is 0 Å². The summed E-state index contributed by atoms with van der Waals surface area (Å²) in [5.74, 6) is -0.531. The number of hydrogen-bond acceptors (Lipinski definition) is 3. The molecule has 0 aromatic rings. The first-order valence-corrected chi connectivity index (χ1v) is 7.61. The highest BCUT2D eigenvalue weighted by molar-refractivity contribution is 6.09. The van der Waals surface area contributed by atoms with Crippen molar-refractivity contribution in [3.05, 3.63) is 34.6 Å². The van der Waals surface area contributed by atoms with Gasteiger partial charge in [-0.25, -0.2) is 0 Å². The molecule has 112 valence electrons. The molecular formula is C18H22O3. The fraction of sp³-hybridized carbons (Fsp3) is 0.556. The summed E-state index contributed by atoms with van der Waals surface area (Å²) in [6.07, 6.45) is 5.91. The number of hydrogen-bond donors (Lipinski definition) is 1. The Balaban J connectivity index is 2.29. The Morgan fingerprint density at radius 2 is 1.81 bits per heavy atom. The van der Waals surface area contributed by atoms with Crippen LogP contribution in [-0.2, 0) is 9.59 Å². The van der Waals surface area contributed by atoms with E-state index in [1.54, 1.807) is 6.08 Å². The highest BCUT2D eigenvalue weighted by Gasteiger charge is 2.56. The standard InChI is InChI=1S/C18H22O3/c1-10-8-12(19)15(21)14-11(10)9-13(20)16-17(2,3)6-5-7-18(14,16)4/h8-9,16,21H,5-7H2,1-4H3/t16-,18+/m0/s1. The number of carbonyl (C=O) groups is 2. The summed E-state index contributed by atoms with van der Waals surface area (Å²) < 4.78 is 0. The van der Waals surface area contributed by atoms with Gasteiger partial charge in [-0.3, -0.25) is 9.59 Å². The SMILES string of the molecule is CC1=CC(=O)C(O)=C2C1=CC(=O)[C@H]1C(C)(C)CCC[C@]21C. The van der Waals surface area contributed by atoms with Crippen molar-refractivity contribution in [3.63, 3.8) is 0 Å². The Morgan fingerprint density at radius 1 is 1.14 bits per heavy atom. The van der Waals surface area contributed by atoms with E-state index in [0.717, 1.165) is 30.4 Å². The molecule has 0 unspecified atom stereocenters. The first-order chi connectivity index (χ1) is 9.68. The molecule has 1 N–H and O–H groups in total. The van der Waals surface area contributed by atoms with Crippen LogP contribution in [0.4, 0.5) is 0 Å². The highest BCUT2D eigenvalue weighted by atomic mass is 16.3. The lowest BCUT2D eigenvalue weighted by Crippen LogP contribution is -2.50. The van der Waals surface area contributed by atoms with Crippen LogP contribution in [0.1, 0.15) is 47.0 Å². The molecule has 1 saturated carbocycles. The van der Waals surface area contributed by atoms with Gasteiger partial charge in [0.1, 0.15) is 0 Å². The molecule has 0 amide bonds. The van der Waals surface area contributed by atoms with Crippen LogP contribution in [-0.4, -0.2) is 16.7 Å². The smallest absolute Gasteiger partial charge is 0.220 e. The van der Waals surface area contributed by atoms with Crippen molar-refractivity contribution in [2.24, 2.45) is 16.7 Å².